The second-order valence-electron chi connectivity index (χ2n) is 6.38. The molecule has 0 N–H and O–H groups in total. The van der Waals surface area contributed by atoms with Crippen LogP contribution in [0.4, 0.5) is 43.4 Å². The van der Waals surface area contributed by atoms with Gasteiger partial charge in [-0.1, -0.05) is 25.1 Å². The van der Waals surface area contributed by atoms with E-state index in [1.165, 1.54) is 16.8 Å². The highest BCUT2D eigenvalue weighted by atomic mass is 19.4. The van der Waals surface area contributed by atoms with Crippen LogP contribution in [0, 0.1) is 6.92 Å². The van der Waals surface area contributed by atoms with E-state index in [2.05, 4.69) is 4.98 Å². The summed E-state index contributed by atoms with van der Waals surface area (Å²) in [7, 11) is 1.44. The molecule has 1 aromatic carbocycles. The molecule has 1 aromatic heterocycles. The molecule has 1 unspecified atom stereocenters. The summed E-state index contributed by atoms with van der Waals surface area (Å²) < 4.78 is 80.4. The fourth-order valence-corrected chi connectivity index (χ4v) is 3.46. The van der Waals surface area contributed by atoms with Crippen molar-refractivity contribution in [3.63, 3.8) is 0 Å². The first-order valence-corrected chi connectivity index (χ1v) is 8.24. The van der Waals surface area contributed by atoms with Crippen LogP contribution in [0.3, 0.4) is 0 Å². The molecule has 9 heteroatoms. The van der Waals surface area contributed by atoms with Gasteiger partial charge in [-0.15, -0.1) is 0 Å². The van der Waals surface area contributed by atoms with E-state index in [0.29, 0.717) is 18.2 Å². The minimum Gasteiger partial charge on any atom is -0.351 e. The fraction of sp³-hybridized carbons (Fsp3) is 0.389. The highest BCUT2D eigenvalue weighted by molar-refractivity contribution is 5.86. The Morgan fingerprint density at radius 3 is 2.15 bits per heavy atom. The van der Waals surface area contributed by atoms with Crippen LogP contribution >= 0.6 is 0 Å². The summed E-state index contributed by atoms with van der Waals surface area (Å²) in [5.41, 5.74) is -2.26. The number of fused-ring (bicyclic) bond motifs is 1. The molecule has 0 aliphatic carbocycles. The second kappa shape index (κ2) is 6.31. The number of anilines is 3. The van der Waals surface area contributed by atoms with Crippen molar-refractivity contribution in [2.24, 2.45) is 0 Å². The number of hydrogen-bond acceptors (Lipinski definition) is 3. The smallest absolute Gasteiger partial charge is 0.351 e. The predicted octanol–water partition coefficient (Wildman–Crippen LogP) is 5.75. The van der Waals surface area contributed by atoms with Crippen molar-refractivity contribution in [3.8, 4) is 0 Å². The molecule has 3 nitrogen and oxygen atoms in total. The van der Waals surface area contributed by atoms with E-state index in [1.807, 2.05) is 0 Å². The first kappa shape index (κ1) is 19.3. The molecule has 0 amide bonds. The maximum Gasteiger partial charge on any atom is 0.435 e. The van der Waals surface area contributed by atoms with Crippen LogP contribution < -0.4 is 9.80 Å². The van der Waals surface area contributed by atoms with Gasteiger partial charge in [-0.25, -0.2) is 4.98 Å². The Morgan fingerprint density at radius 2 is 1.63 bits per heavy atom. The number of aryl methyl sites for hydroxylation is 1. The average molecular weight is 389 g/mol. The minimum atomic E-state index is -5.01. The summed E-state index contributed by atoms with van der Waals surface area (Å²) in [4.78, 5) is 5.81. The number of alkyl halides is 6. The Balaban J connectivity index is 2.35. The lowest BCUT2D eigenvalue weighted by Gasteiger charge is -2.31. The Kier molecular flexibility index (Phi) is 4.52. The zero-order chi connectivity index (χ0) is 20.1. The Hall–Kier alpha value is -2.45. The number of aromatic nitrogens is 1. The summed E-state index contributed by atoms with van der Waals surface area (Å²) in [6.45, 7) is 3.53. The molecule has 1 aliphatic rings. The third-order valence-corrected chi connectivity index (χ3v) is 4.63. The standard InChI is InChI=1S/C18H17F6N3/c1-4-14-26(3)15-12(27(14)11-8-6-5-7-10(11)2)9-13(17(19,20)21)25-16(15)18(22,23)24/h5-9,14H,4H2,1-3H3. The van der Waals surface area contributed by atoms with Crippen molar-refractivity contribution in [1.82, 2.24) is 4.98 Å². The lowest BCUT2D eigenvalue weighted by atomic mass is 10.1. The van der Waals surface area contributed by atoms with E-state index >= 15 is 0 Å². The molecule has 27 heavy (non-hydrogen) atoms. The molecule has 0 saturated heterocycles. The molecule has 3 rings (SSSR count). The maximum atomic E-state index is 13.5. The van der Waals surface area contributed by atoms with E-state index < -0.39 is 29.9 Å². The van der Waals surface area contributed by atoms with Crippen LogP contribution in [0.15, 0.2) is 30.3 Å². The molecule has 0 fully saturated rings. The van der Waals surface area contributed by atoms with E-state index in [-0.39, 0.29) is 11.4 Å². The van der Waals surface area contributed by atoms with Crippen molar-refractivity contribution in [3.05, 3.63) is 47.3 Å². The Labute approximate surface area is 152 Å². The third kappa shape index (κ3) is 3.19. The van der Waals surface area contributed by atoms with Crippen LogP contribution in [-0.2, 0) is 12.4 Å². The van der Waals surface area contributed by atoms with Gasteiger partial charge >= 0.3 is 12.4 Å². The zero-order valence-corrected chi connectivity index (χ0v) is 14.8. The summed E-state index contributed by atoms with van der Waals surface area (Å²) in [5, 5.41) is 0. The van der Waals surface area contributed by atoms with Gasteiger partial charge in [-0.05, 0) is 31.0 Å². The highest BCUT2D eigenvalue weighted by Gasteiger charge is 2.47. The van der Waals surface area contributed by atoms with Gasteiger partial charge < -0.3 is 9.80 Å². The van der Waals surface area contributed by atoms with Gasteiger partial charge in [0.2, 0.25) is 0 Å². The number of hydrogen-bond donors (Lipinski definition) is 0. The number of pyridine rings is 1. The molecular weight excluding hydrogens is 372 g/mol. The molecule has 1 atom stereocenters. The largest absolute Gasteiger partial charge is 0.435 e. The third-order valence-electron chi connectivity index (χ3n) is 4.63. The molecule has 0 radical (unpaired) electrons. The molecule has 1 aliphatic heterocycles. The van der Waals surface area contributed by atoms with Crippen molar-refractivity contribution in [1.29, 1.82) is 0 Å². The van der Waals surface area contributed by atoms with E-state index in [9.17, 15) is 26.3 Å². The van der Waals surface area contributed by atoms with Crippen molar-refractivity contribution >= 4 is 17.1 Å². The van der Waals surface area contributed by atoms with Gasteiger partial charge in [-0.2, -0.15) is 26.3 Å². The Morgan fingerprint density at radius 1 is 1.00 bits per heavy atom. The van der Waals surface area contributed by atoms with Gasteiger partial charge in [0, 0.05) is 12.7 Å². The molecule has 0 saturated carbocycles. The van der Waals surface area contributed by atoms with Gasteiger partial charge in [0.1, 0.15) is 11.9 Å². The summed E-state index contributed by atoms with van der Waals surface area (Å²) in [6.07, 6.45) is -10.2. The quantitative estimate of drug-likeness (QED) is 0.610. The highest BCUT2D eigenvalue weighted by Crippen LogP contribution is 2.51. The fourth-order valence-electron chi connectivity index (χ4n) is 3.46. The Bertz CT molecular complexity index is 859. The monoisotopic (exact) mass is 389 g/mol. The molecule has 2 heterocycles. The van der Waals surface area contributed by atoms with Crippen LogP contribution in [0.25, 0.3) is 0 Å². The van der Waals surface area contributed by atoms with Gasteiger partial charge in [0.15, 0.2) is 5.69 Å². The number of halogens is 6. The van der Waals surface area contributed by atoms with Crippen molar-refractivity contribution in [2.45, 2.75) is 38.8 Å². The van der Waals surface area contributed by atoms with Crippen LogP contribution in [0.5, 0.6) is 0 Å². The van der Waals surface area contributed by atoms with E-state index in [4.69, 9.17) is 0 Å². The molecule has 0 spiro atoms. The summed E-state index contributed by atoms with van der Waals surface area (Å²) in [5.74, 6) is 0. The van der Waals surface area contributed by atoms with E-state index in [1.54, 1.807) is 38.1 Å². The van der Waals surface area contributed by atoms with Crippen LogP contribution in [0.1, 0.15) is 30.3 Å². The average Bonchev–Trinajstić information content (AvgIpc) is 2.85. The molecular formula is C18H17F6N3. The normalized spacial score (nSPS) is 17.4. The van der Waals surface area contributed by atoms with E-state index in [0.717, 1.165) is 5.56 Å². The predicted molar refractivity (Wildman–Crippen MR) is 90.0 cm³/mol. The lowest BCUT2D eigenvalue weighted by molar-refractivity contribution is -0.149. The zero-order valence-electron chi connectivity index (χ0n) is 14.8. The van der Waals surface area contributed by atoms with Crippen molar-refractivity contribution in [2.75, 3.05) is 16.8 Å². The molecule has 2 aromatic rings. The summed E-state index contributed by atoms with van der Waals surface area (Å²) in [6, 6.07) is 7.60. The van der Waals surface area contributed by atoms with Gasteiger partial charge in [0.25, 0.3) is 0 Å². The van der Waals surface area contributed by atoms with Crippen LogP contribution in [0.2, 0.25) is 0 Å². The maximum absolute atomic E-state index is 13.5. The number of para-hydroxylation sites is 1. The van der Waals surface area contributed by atoms with Crippen molar-refractivity contribution < 1.29 is 26.3 Å². The lowest BCUT2D eigenvalue weighted by Crippen LogP contribution is -2.38. The van der Waals surface area contributed by atoms with Gasteiger partial charge in [-0.3, -0.25) is 0 Å². The minimum absolute atomic E-state index is 0.145. The topological polar surface area (TPSA) is 19.4 Å². The first-order valence-electron chi connectivity index (χ1n) is 8.24. The first-order chi connectivity index (χ1) is 12.5. The van der Waals surface area contributed by atoms with Crippen LogP contribution in [-0.4, -0.2) is 18.2 Å². The van der Waals surface area contributed by atoms with Gasteiger partial charge in [0.05, 0.1) is 11.4 Å². The molecule has 0 bridgehead atoms. The second-order valence-corrected chi connectivity index (χ2v) is 6.38. The molecule has 146 valence electrons. The number of benzene rings is 1. The SMILES string of the molecule is CCC1N(C)c2c(cc(C(F)(F)F)nc2C(F)(F)F)N1c1ccccc1C. The number of nitrogens with zero attached hydrogens (tertiary/aromatic N) is 3. The number of rotatable bonds is 2. The summed E-state index contributed by atoms with van der Waals surface area (Å²) >= 11 is 0.